The van der Waals surface area contributed by atoms with Crippen LogP contribution in [0.15, 0.2) is 48.5 Å². The first-order valence-electron chi connectivity index (χ1n) is 7.95. The molecule has 3 rings (SSSR count). The van der Waals surface area contributed by atoms with Gasteiger partial charge in [-0.25, -0.2) is 4.79 Å². The highest BCUT2D eigenvalue weighted by Gasteiger charge is 2.34. The zero-order valence-electron chi connectivity index (χ0n) is 13.7. The van der Waals surface area contributed by atoms with Gasteiger partial charge in [0, 0.05) is 12.1 Å². The lowest BCUT2D eigenvalue weighted by molar-refractivity contribution is -0.131. The Balaban J connectivity index is 1.51. The number of carbonyl (C=O) groups is 4. The summed E-state index contributed by atoms with van der Waals surface area (Å²) in [6.07, 6.45) is 0.446. The van der Waals surface area contributed by atoms with Crippen LogP contribution in [-0.4, -0.2) is 46.7 Å². The van der Waals surface area contributed by atoms with Crippen LogP contribution in [0.5, 0.6) is 5.75 Å². The Morgan fingerprint density at radius 2 is 1.50 bits per heavy atom. The molecule has 0 aromatic heterocycles. The molecule has 2 amide bonds. The second-order valence-corrected chi connectivity index (χ2v) is 5.67. The second kappa shape index (κ2) is 7.18. The number of benzene rings is 2. The highest BCUT2D eigenvalue weighted by molar-refractivity contribution is 6.39. The Kier molecular flexibility index (Phi) is 4.79. The fourth-order valence-electron chi connectivity index (χ4n) is 2.68. The quantitative estimate of drug-likeness (QED) is 0.354. The van der Waals surface area contributed by atoms with E-state index in [1.54, 1.807) is 24.3 Å². The van der Waals surface area contributed by atoms with Gasteiger partial charge in [0.2, 0.25) is 0 Å². The minimum Gasteiger partial charge on any atom is -0.494 e. The third kappa shape index (κ3) is 3.32. The van der Waals surface area contributed by atoms with Crippen LogP contribution in [0.1, 0.15) is 37.5 Å². The number of ketones is 1. The van der Waals surface area contributed by atoms with Crippen LogP contribution in [0, 0.1) is 0 Å². The Morgan fingerprint density at radius 1 is 0.923 bits per heavy atom. The summed E-state index contributed by atoms with van der Waals surface area (Å²) in [5.74, 6) is -2.64. The number of amides is 2. The summed E-state index contributed by atoms with van der Waals surface area (Å²) in [4.78, 5) is 47.5. The van der Waals surface area contributed by atoms with E-state index in [4.69, 9.17) is 9.84 Å². The number of nitrogens with zero attached hydrogens (tertiary/aromatic N) is 1. The molecule has 7 nitrogen and oxygen atoms in total. The highest BCUT2D eigenvalue weighted by atomic mass is 16.5. The Labute approximate surface area is 148 Å². The van der Waals surface area contributed by atoms with E-state index < -0.39 is 11.8 Å². The molecule has 0 bridgehead atoms. The second-order valence-electron chi connectivity index (χ2n) is 5.67. The number of hydrogen-bond acceptors (Lipinski definition) is 5. The Bertz CT molecular complexity index is 852. The van der Waals surface area contributed by atoms with E-state index in [0.29, 0.717) is 23.3 Å². The van der Waals surface area contributed by atoms with Crippen molar-refractivity contribution in [3.8, 4) is 5.75 Å². The zero-order chi connectivity index (χ0) is 18.7. The van der Waals surface area contributed by atoms with Crippen molar-refractivity contribution in [2.24, 2.45) is 0 Å². The van der Waals surface area contributed by atoms with Crippen molar-refractivity contribution in [2.75, 3.05) is 13.2 Å². The average molecular weight is 353 g/mol. The van der Waals surface area contributed by atoms with Crippen molar-refractivity contribution in [2.45, 2.75) is 6.42 Å². The summed E-state index contributed by atoms with van der Waals surface area (Å²) in [6.45, 7) is 0.502. The van der Waals surface area contributed by atoms with Crippen molar-refractivity contribution in [3.05, 3.63) is 65.2 Å². The SMILES string of the molecule is O=C(O)C(=O)c1ccc(OCCCN2C(=O)c3ccccc3C2=O)cc1. The molecule has 1 aliphatic heterocycles. The molecule has 7 heteroatoms. The lowest BCUT2D eigenvalue weighted by Crippen LogP contribution is -2.31. The monoisotopic (exact) mass is 353 g/mol. The maximum atomic E-state index is 12.2. The lowest BCUT2D eigenvalue weighted by atomic mass is 10.1. The van der Waals surface area contributed by atoms with Crippen LogP contribution < -0.4 is 4.74 Å². The first kappa shape index (κ1) is 17.3. The topological polar surface area (TPSA) is 101 Å². The van der Waals surface area contributed by atoms with Gasteiger partial charge in [-0.05, 0) is 42.8 Å². The maximum Gasteiger partial charge on any atom is 0.377 e. The summed E-state index contributed by atoms with van der Waals surface area (Å²) in [6, 6.07) is 12.4. The molecule has 0 saturated heterocycles. The lowest BCUT2D eigenvalue weighted by Gasteiger charge is -2.14. The average Bonchev–Trinajstić information content (AvgIpc) is 2.90. The number of rotatable bonds is 7. The van der Waals surface area contributed by atoms with E-state index in [-0.39, 0.29) is 30.5 Å². The van der Waals surface area contributed by atoms with Crippen LogP contribution in [0.4, 0.5) is 0 Å². The third-order valence-electron chi connectivity index (χ3n) is 3.98. The number of carboxylic acids is 1. The number of imide groups is 1. The van der Waals surface area contributed by atoms with Gasteiger partial charge in [0.05, 0.1) is 17.7 Å². The van der Waals surface area contributed by atoms with Gasteiger partial charge in [-0.3, -0.25) is 19.3 Å². The van der Waals surface area contributed by atoms with Gasteiger partial charge >= 0.3 is 5.97 Å². The Morgan fingerprint density at radius 3 is 2.04 bits per heavy atom. The normalized spacial score (nSPS) is 12.8. The number of carbonyl (C=O) groups excluding carboxylic acids is 3. The predicted molar refractivity (Wildman–Crippen MR) is 90.3 cm³/mol. The van der Waals surface area contributed by atoms with Crippen LogP contribution in [0.3, 0.4) is 0 Å². The van der Waals surface area contributed by atoms with Crippen molar-refractivity contribution in [3.63, 3.8) is 0 Å². The van der Waals surface area contributed by atoms with E-state index >= 15 is 0 Å². The summed E-state index contributed by atoms with van der Waals surface area (Å²) in [5, 5.41) is 8.65. The fraction of sp³-hybridized carbons (Fsp3) is 0.158. The molecule has 2 aromatic carbocycles. The van der Waals surface area contributed by atoms with Crippen LogP contribution in [0.2, 0.25) is 0 Å². The predicted octanol–water partition coefficient (Wildman–Crippen LogP) is 2.02. The van der Waals surface area contributed by atoms with Gasteiger partial charge in [-0.1, -0.05) is 12.1 Å². The van der Waals surface area contributed by atoms with E-state index in [0.717, 1.165) is 0 Å². The van der Waals surface area contributed by atoms with Gasteiger partial charge in [-0.15, -0.1) is 0 Å². The molecule has 1 aliphatic rings. The van der Waals surface area contributed by atoms with Crippen molar-refractivity contribution in [1.29, 1.82) is 0 Å². The van der Waals surface area contributed by atoms with Gasteiger partial charge in [0.15, 0.2) is 0 Å². The number of hydrogen-bond donors (Lipinski definition) is 1. The number of ether oxygens (including phenoxy) is 1. The van der Waals surface area contributed by atoms with E-state index in [1.807, 2.05) is 0 Å². The number of carboxylic acid groups (broad SMARTS) is 1. The molecule has 1 N–H and O–H groups in total. The molecule has 132 valence electrons. The molecule has 26 heavy (non-hydrogen) atoms. The molecule has 0 unspecified atom stereocenters. The van der Waals surface area contributed by atoms with Crippen LogP contribution in [-0.2, 0) is 4.79 Å². The maximum absolute atomic E-state index is 12.2. The molecular formula is C19H15NO6. The van der Waals surface area contributed by atoms with Gasteiger partial charge in [0.1, 0.15) is 5.75 Å². The summed E-state index contributed by atoms with van der Waals surface area (Å²) >= 11 is 0. The summed E-state index contributed by atoms with van der Waals surface area (Å²) in [7, 11) is 0. The van der Waals surface area contributed by atoms with Crippen LogP contribution >= 0.6 is 0 Å². The fourth-order valence-corrected chi connectivity index (χ4v) is 2.68. The first-order chi connectivity index (χ1) is 12.5. The minimum absolute atomic E-state index is 0.0656. The molecule has 0 spiro atoms. The van der Waals surface area contributed by atoms with Crippen LogP contribution in [0.25, 0.3) is 0 Å². The number of aliphatic carboxylic acids is 1. The number of Topliss-reactive ketones (excluding diaryl/α,β-unsaturated/α-hetero) is 1. The van der Waals surface area contributed by atoms with Gasteiger partial charge in [-0.2, -0.15) is 0 Å². The number of fused-ring (bicyclic) bond motifs is 1. The first-order valence-corrected chi connectivity index (χ1v) is 7.95. The molecule has 0 fully saturated rings. The van der Waals surface area contributed by atoms with Gasteiger partial charge in [0.25, 0.3) is 17.6 Å². The van der Waals surface area contributed by atoms with Gasteiger partial charge < -0.3 is 9.84 Å². The molecule has 2 aromatic rings. The van der Waals surface area contributed by atoms with Crippen molar-refractivity contribution < 1.29 is 29.0 Å². The molecule has 0 saturated carbocycles. The Hall–Kier alpha value is -3.48. The van der Waals surface area contributed by atoms with Crippen molar-refractivity contribution in [1.82, 2.24) is 4.90 Å². The molecular weight excluding hydrogens is 338 g/mol. The van der Waals surface area contributed by atoms with E-state index in [1.165, 1.54) is 29.2 Å². The largest absolute Gasteiger partial charge is 0.494 e. The summed E-state index contributed by atoms with van der Waals surface area (Å²) < 4.78 is 5.50. The smallest absolute Gasteiger partial charge is 0.377 e. The van der Waals surface area contributed by atoms with Crippen molar-refractivity contribution >= 4 is 23.6 Å². The standard InChI is InChI=1S/C19H15NO6/c21-16(19(24)25)12-6-8-13(9-7-12)26-11-3-10-20-17(22)14-4-1-2-5-15(14)18(20)23/h1-2,4-9H,3,10-11H2,(H,24,25). The third-order valence-corrected chi connectivity index (χ3v) is 3.98. The molecule has 0 atom stereocenters. The minimum atomic E-state index is -1.51. The zero-order valence-corrected chi connectivity index (χ0v) is 13.7. The van der Waals surface area contributed by atoms with E-state index in [2.05, 4.69) is 0 Å². The summed E-state index contributed by atoms with van der Waals surface area (Å²) in [5.41, 5.74) is 0.894. The van der Waals surface area contributed by atoms with E-state index in [9.17, 15) is 19.2 Å². The molecule has 1 heterocycles. The molecule has 0 aliphatic carbocycles. The highest BCUT2D eigenvalue weighted by Crippen LogP contribution is 2.22. The molecule has 0 radical (unpaired) electrons.